The van der Waals surface area contributed by atoms with Gasteiger partial charge in [-0.15, -0.1) is 12.4 Å². The predicted octanol–water partition coefficient (Wildman–Crippen LogP) is 5.54. The molecule has 2 nitrogen and oxygen atoms in total. The average Bonchev–Trinajstić information content (AvgIpc) is 2.84. The highest BCUT2D eigenvalue weighted by atomic mass is 79.9. The molecule has 0 N–H and O–H groups in total. The highest BCUT2D eigenvalue weighted by Gasteiger charge is 2.32. The number of likely N-dealkylation sites (N-methyl/N-ethyl adjacent to an activating group) is 1. The Kier molecular flexibility index (Phi) is 16.5. The maximum atomic E-state index is 6.18. The van der Waals surface area contributed by atoms with Gasteiger partial charge in [-0.2, -0.15) is 0 Å². The summed E-state index contributed by atoms with van der Waals surface area (Å²) in [4.78, 5) is 2.68. The molecule has 0 spiro atoms. The molecule has 1 saturated heterocycles. The molecular weight excluding hydrogens is 539 g/mol. The largest absolute Gasteiger partial charge is 1.00 e. The van der Waals surface area contributed by atoms with E-state index in [9.17, 15) is 0 Å². The van der Waals surface area contributed by atoms with Crippen molar-refractivity contribution in [1.29, 1.82) is 0 Å². The molecule has 0 amide bonds. The van der Waals surface area contributed by atoms with Crippen LogP contribution in [0.5, 0.6) is 0 Å². The fourth-order valence-electron chi connectivity index (χ4n) is 5.32. The molecular formula is C30H47BrCl2N2. The Bertz CT molecular complexity index is 777. The van der Waals surface area contributed by atoms with Gasteiger partial charge >= 0.3 is 0 Å². The number of hydrogen-bond acceptors (Lipinski definition) is 1. The first-order valence-electron chi connectivity index (χ1n) is 13.5. The molecule has 1 aliphatic heterocycles. The summed E-state index contributed by atoms with van der Waals surface area (Å²) in [6.07, 6.45) is 14.2. The predicted molar refractivity (Wildman–Crippen MR) is 151 cm³/mol. The highest BCUT2D eigenvalue weighted by Crippen LogP contribution is 2.31. The minimum absolute atomic E-state index is 0. The standard InChI is InChI=1S/C30H46ClN2.BrH.ClH/c1-3-4-5-6-7-8-9-10-11-15-24-33(2)25-22-32(23-26-33)30(27-16-13-12-14-17-27)28-18-20-29(31)21-19-28;;/h12-14,16-21,30H,3-11,15,22-26H2,1-2H3;2*1H/q+1;;/p-1. The first-order valence-corrected chi connectivity index (χ1v) is 13.9. The Morgan fingerprint density at radius 3 is 1.77 bits per heavy atom. The van der Waals surface area contributed by atoms with E-state index in [0.717, 1.165) is 18.1 Å². The summed E-state index contributed by atoms with van der Waals surface area (Å²) in [5.74, 6) is 0. The first-order chi connectivity index (χ1) is 16.1. The fourth-order valence-corrected chi connectivity index (χ4v) is 5.45. The van der Waals surface area contributed by atoms with E-state index in [-0.39, 0.29) is 29.4 Å². The fraction of sp³-hybridized carbons (Fsp3) is 0.600. The van der Waals surface area contributed by atoms with Crippen LogP contribution in [-0.2, 0) is 0 Å². The molecule has 1 heterocycles. The Balaban J connectivity index is 0.00000306. The summed E-state index contributed by atoms with van der Waals surface area (Å²) in [6, 6.07) is 19.7. The summed E-state index contributed by atoms with van der Waals surface area (Å²) in [6.45, 7) is 8.42. The van der Waals surface area contributed by atoms with Gasteiger partial charge in [0.15, 0.2) is 0 Å². The molecule has 35 heavy (non-hydrogen) atoms. The normalized spacial score (nSPS) is 16.2. The van der Waals surface area contributed by atoms with Crippen LogP contribution in [0.1, 0.15) is 88.3 Å². The summed E-state index contributed by atoms with van der Waals surface area (Å²) < 4.78 is 1.23. The minimum Gasteiger partial charge on any atom is -1.00 e. The Labute approximate surface area is 237 Å². The SMILES string of the molecule is CCCCCCCCCCCC[N+]1(C)CCN(C(c2ccccc2)c2ccc(Cl)cc2)CC1.Cl.[Br-]. The lowest BCUT2D eigenvalue weighted by Crippen LogP contribution is -3.00. The number of piperazine rings is 1. The van der Waals surface area contributed by atoms with E-state index in [0.29, 0.717) is 6.04 Å². The number of quaternary nitrogens is 1. The molecule has 198 valence electrons. The third-order valence-corrected chi connectivity index (χ3v) is 7.82. The van der Waals surface area contributed by atoms with Crippen molar-refractivity contribution in [1.82, 2.24) is 4.90 Å². The van der Waals surface area contributed by atoms with Crippen molar-refractivity contribution in [2.45, 2.75) is 77.2 Å². The summed E-state index contributed by atoms with van der Waals surface area (Å²) in [5.41, 5.74) is 2.72. The van der Waals surface area contributed by atoms with Gasteiger partial charge in [0.25, 0.3) is 0 Å². The quantitative estimate of drug-likeness (QED) is 0.208. The molecule has 0 aliphatic carbocycles. The van der Waals surface area contributed by atoms with Gasteiger partial charge in [-0.05, 0) is 36.1 Å². The molecule has 5 heteroatoms. The van der Waals surface area contributed by atoms with Crippen LogP contribution >= 0.6 is 24.0 Å². The first kappa shape index (κ1) is 32.4. The van der Waals surface area contributed by atoms with Crippen LogP contribution in [-0.4, -0.2) is 49.2 Å². The number of benzene rings is 2. The second-order valence-electron chi connectivity index (χ2n) is 10.4. The number of rotatable bonds is 14. The molecule has 1 atom stereocenters. The zero-order valence-electron chi connectivity index (χ0n) is 21.9. The topological polar surface area (TPSA) is 3.24 Å². The van der Waals surface area contributed by atoms with Crippen LogP contribution in [0.2, 0.25) is 5.02 Å². The van der Waals surface area contributed by atoms with Crippen LogP contribution < -0.4 is 17.0 Å². The molecule has 3 rings (SSSR count). The molecule has 2 aromatic rings. The van der Waals surface area contributed by atoms with Gasteiger partial charge in [-0.3, -0.25) is 4.90 Å². The zero-order chi connectivity index (χ0) is 23.4. The summed E-state index contributed by atoms with van der Waals surface area (Å²) >= 11 is 6.18. The molecule has 1 unspecified atom stereocenters. The highest BCUT2D eigenvalue weighted by molar-refractivity contribution is 6.30. The van der Waals surface area contributed by atoms with Gasteiger partial charge < -0.3 is 21.5 Å². The number of unbranched alkanes of at least 4 members (excludes halogenated alkanes) is 9. The van der Waals surface area contributed by atoms with E-state index in [1.165, 1.54) is 99.5 Å². The molecule has 1 aliphatic rings. The van der Waals surface area contributed by atoms with E-state index in [1.54, 1.807) is 0 Å². The molecule has 0 radical (unpaired) electrons. The maximum Gasteiger partial charge on any atom is 0.0914 e. The van der Waals surface area contributed by atoms with Crippen LogP contribution in [0.25, 0.3) is 0 Å². The van der Waals surface area contributed by atoms with E-state index >= 15 is 0 Å². The van der Waals surface area contributed by atoms with Gasteiger partial charge in [0, 0.05) is 18.1 Å². The second kappa shape index (κ2) is 17.8. The lowest BCUT2D eigenvalue weighted by molar-refractivity contribution is -0.914. The summed E-state index contributed by atoms with van der Waals surface area (Å²) in [7, 11) is 2.48. The molecule has 1 fully saturated rings. The van der Waals surface area contributed by atoms with Crippen molar-refractivity contribution in [3.63, 3.8) is 0 Å². The Morgan fingerprint density at radius 1 is 0.743 bits per heavy atom. The van der Waals surface area contributed by atoms with Crippen molar-refractivity contribution in [2.75, 3.05) is 39.8 Å². The van der Waals surface area contributed by atoms with Gasteiger partial charge in [0.1, 0.15) is 0 Å². The van der Waals surface area contributed by atoms with Crippen LogP contribution in [0.4, 0.5) is 0 Å². The average molecular weight is 587 g/mol. The van der Waals surface area contributed by atoms with Gasteiger partial charge in [0.2, 0.25) is 0 Å². The van der Waals surface area contributed by atoms with E-state index in [2.05, 4.69) is 61.3 Å². The number of nitrogens with zero attached hydrogens (tertiary/aromatic N) is 2. The van der Waals surface area contributed by atoms with Crippen LogP contribution in [0.15, 0.2) is 54.6 Å². The van der Waals surface area contributed by atoms with Crippen molar-refractivity contribution in [2.24, 2.45) is 0 Å². The number of halogens is 3. The molecule has 0 bridgehead atoms. The second-order valence-corrected chi connectivity index (χ2v) is 10.8. The minimum atomic E-state index is 0. The maximum absolute atomic E-state index is 6.18. The zero-order valence-corrected chi connectivity index (χ0v) is 25.1. The van der Waals surface area contributed by atoms with Crippen LogP contribution in [0.3, 0.4) is 0 Å². The van der Waals surface area contributed by atoms with Gasteiger partial charge in [-0.1, -0.05) is 112 Å². The smallest absolute Gasteiger partial charge is 0.0914 e. The molecule has 2 aromatic carbocycles. The van der Waals surface area contributed by atoms with E-state index < -0.39 is 0 Å². The van der Waals surface area contributed by atoms with E-state index in [1.807, 2.05) is 12.1 Å². The Morgan fingerprint density at radius 2 is 1.23 bits per heavy atom. The molecule has 0 aromatic heterocycles. The van der Waals surface area contributed by atoms with Crippen molar-refractivity contribution >= 4 is 24.0 Å². The van der Waals surface area contributed by atoms with Gasteiger partial charge in [-0.25, -0.2) is 0 Å². The number of hydrogen-bond donors (Lipinski definition) is 0. The third-order valence-electron chi connectivity index (χ3n) is 7.57. The summed E-state index contributed by atoms with van der Waals surface area (Å²) in [5, 5.41) is 0.810. The lowest BCUT2D eigenvalue weighted by Gasteiger charge is -2.45. The lowest BCUT2D eigenvalue weighted by atomic mass is 9.96. The van der Waals surface area contributed by atoms with E-state index in [4.69, 9.17) is 11.6 Å². The Hall–Kier alpha value is -0.580. The molecule has 0 saturated carbocycles. The monoisotopic (exact) mass is 584 g/mol. The van der Waals surface area contributed by atoms with Crippen molar-refractivity contribution in [3.05, 3.63) is 70.7 Å². The van der Waals surface area contributed by atoms with Gasteiger partial charge in [0.05, 0.1) is 32.7 Å². The van der Waals surface area contributed by atoms with Crippen molar-refractivity contribution in [3.8, 4) is 0 Å². The third kappa shape index (κ3) is 11.1. The van der Waals surface area contributed by atoms with Crippen molar-refractivity contribution < 1.29 is 21.5 Å². The van der Waals surface area contributed by atoms with Crippen LogP contribution in [0, 0.1) is 0 Å².